The van der Waals surface area contributed by atoms with Crippen LogP contribution in [0.5, 0.6) is 11.5 Å². The van der Waals surface area contributed by atoms with Gasteiger partial charge in [-0.1, -0.05) is 32.9 Å². The van der Waals surface area contributed by atoms with E-state index in [0.29, 0.717) is 0 Å². The van der Waals surface area contributed by atoms with Gasteiger partial charge in [-0.15, -0.1) is 0 Å². The summed E-state index contributed by atoms with van der Waals surface area (Å²) in [6.07, 6.45) is 0. The maximum absolute atomic E-state index is 11.7. The van der Waals surface area contributed by atoms with Crippen LogP contribution in [0.2, 0.25) is 0 Å². The molecule has 1 aromatic rings. The van der Waals surface area contributed by atoms with E-state index in [1.165, 1.54) is 12.1 Å². The number of nitrogens with one attached hydrogen (secondary N) is 1. The van der Waals surface area contributed by atoms with Crippen molar-refractivity contribution < 1.29 is 24.5 Å². The molecule has 6 nitrogen and oxygen atoms in total. The molecule has 0 aromatic heterocycles. The molecule has 0 bridgehead atoms. The van der Waals surface area contributed by atoms with Crippen LogP contribution in [-0.4, -0.2) is 34.7 Å². The molecule has 1 atom stereocenters. The number of hydrogen-bond donors (Lipinski definition) is 3. The van der Waals surface area contributed by atoms with Crippen LogP contribution in [0.3, 0.4) is 0 Å². The molecule has 110 valence electrons. The van der Waals surface area contributed by atoms with Gasteiger partial charge in [-0.25, -0.2) is 4.79 Å². The van der Waals surface area contributed by atoms with Crippen molar-refractivity contribution in [1.82, 2.24) is 5.32 Å². The molecule has 0 aliphatic rings. The van der Waals surface area contributed by atoms with Crippen molar-refractivity contribution in [2.45, 2.75) is 26.8 Å². The van der Waals surface area contributed by atoms with E-state index in [9.17, 15) is 14.7 Å². The van der Waals surface area contributed by atoms with E-state index < -0.39 is 23.3 Å². The van der Waals surface area contributed by atoms with Crippen LogP contribution in [-0.2, 0) is 9.59 Å². The fraction of sp³-hybridized carbons (Fsp3) is 0.429. The Balaban J connectivity index is 2.60. The second kappa shape index (κ2) is 6.27. The van der Waals surface area contributed by atoms with E-state index in [2.05, 4.69) is 5.32 Å². The maximum Gasteiger partial charge on any atom is 0.326 e. The normalized spacial score (nSPS) is 12.6. The second-order valence-electron chi connectivity index (χ2n) is 5.46. The van der Waals surface area contributed by atoms with E-state index in [4.69, 9.17) is 9.84 Å². The minimum Gasteiger partial charge on any atom is -0.504 e. The third-order valence-corrected chi connectivity index (χ3v) is 2.64. The standard InChI is InChI=1S/C14H19NO5/c1-14(2,3)12(13(18)19)15-11(17)8-20-10-7-5-4-6-9(10)16/h4-7,12,16H,8H2,1-3H3,(H,15,17)(H,18,19)/t12-/m0/s1. The Morgan fingerprint density at radius 1 is 1.30 bits per heavy atom. The van der Waals surface area contributed by atoms with Gasteiger partial charge in [0.1, 0.15) is 6.04 Å². The zero-order chi connectivity index (χ0) is 15.3. The summed E-state index contributed by atoms with van der Waals surface area (Å²) in [7, 11) is 0. The van der Waals surface area contributed by atoms with Crippen molar-refractivity contribution in [3.8, 4) is 11.5 Å². The van der Waals surface area contributed by atoms with Crippen molar-refractivity contribution >= 4 is 11.9 Å². The van der Waals surface area contributed by atoms with Gasteiger partial charge in [0, 0.05) is 0 Å². The summed E-state index contributed by atoms with van der Waals surface area (Å²) < 4.78 is 5.14. The van der Waals surface area contributed by atoms with E-state index in [1.807, 2.05) is 0 Å². The second-order valence-corrected chi connectivity index (χ2v) is 5.46. The summed E-state index contributed by atoms with van der Waals surface area (Å²) in [5.41, 5.74) is -0.615. The summed E-state index contributed by atoms with van der Waals surface area (Å²) in [4.78, 5) is 22.8. The molecule has 20 heavy (non-hydrogen) atoms. The number of carboxylic acids is 1. The summed E-state index contributed by atoms with van der Waals surface area (Å²) in [6.45, 7) is 4.79. The lowest BCUT2D eigenvalue weighted by atomic mass is 9.87. The fourth-order valence-corrected chi connectivity index (χ4v) is 1.57. The monoisotopic (exact) mass is 281 g/mol. The Morgan fingerprint density at radius 3 is 2.40 bits per heavy atom. The minimum atomic E-state index is -1.10. The highest BCUT2D eigenvalue weighted by atomic mass is 16.5. The number of aliphatic carboxylic acids is 1. The molecular weight excluding hydrogens is 262 g/mol. The van der Waals surface area contributed by atoms with E-state index in [-0.39, 0.29) is 18.1 Å². The minimum absolute atomic E-state index is 0.0779. The number of phenolic OH excluding ortho intramolecular Hbond substituents is 1. The number of ether oxygens (including phenoxy) is 1. The van der Waals surface area contributed by atoms with Crippen LogP contribution in [0.4, 0.5) is 0 Å². The van der Waals surface area contributed by atoms with Gasteiger partial charge in [-0.05, 0) is 17.5 Å². The molecule has 3 N–H and O–H groups in total. The number of carbonyl (C=O) groups is 2. The Hall–Kier alpha value is -2.24. The van der Waals surface area contributed by atoms with Gasteiger partial charge >= 0.3 is 5.97 Å². The number of benzene rings is 1. The lowest BCUT2D eigenvalue weighted by molar-refractivity contribution is -0.145. The highest BCUT2D eigenvalue weighted by molar-refractivity contribution is 5.84. The van der Waals surface area contributed by atoms with Crippen LogP contribution < -0.4 is 10.1 Å². The molecule has 0 aliphatic heterocycles. The summed E-state index contributed by atoms with van der Waals surface area (Å²) in [6, 6.07) is 5.22. The van der Waals surface area contributed by atoms with Crippen molar-refractivity contribution in [3.05, 3.63) is 24.3 Å². The average Bonchev–Trinajstić information content (AvgIpc) is 2.33. The number of carboxylic acid groups (broad SMARTS) is 1. The van der Waals surface area contributed by atoms with Gasteiger partial charge in [-0.3, -0.25) is 4.79 Å². The average molecular weight is 281 g/mol. The molecular formula is C14H19NO5. The lowest BCUT2D eigenvalue weighted by Crippen LogP contribution is -2.50. The van der Waals surface area contributed by atoms with Crippen molar-refractivity contribution in [3.63, 3.8) is 0 Å². The molecule has 0 unspecified atom stereocenters. The van der Waals surface area contributed by atoms with Crippen LogP contribution in [0, 0.1) is 5.41 Å². The quantitative estimate of drug-likeness (QED) is 0.758. The number of aromatic hydroxyl groups is 1. The Kier molecular flexibility index (Phi) is 4.96. The topological polar surface area (TPSA) is 95.9 Å². The molecule has 6 heteroatoms. The zero-order valence-corrected chi connectivity index (χ0v) is 11.7. The van der Waals surface area contributed by atoms with Crippen LogP contribution in [0.25, 0.3) is 0 Å². The van der Waals surface area contributed by atoms with E-state index in [0.717, 1.165) is 0 Å². The SMILES string of the molecule is CC(C)(C)[C@@H](NC(=O)COc1ccccc1O)C(=O)O. The Labute approximate surface area is 117 Å². The van der Waals surface area contributed by atoms with Crippen molar-refractivity contribution in [2.75, 3.05) is 6.61 Å². The van der Waals surface area contributed by atoms with Gasteiger partial charge < -0.3 is 20.3 Å². The number of phenols is 1. The van der Waals surface area contributed by atoms with Gasteiger partial charge in [0.15, 0.2) is 18.1 Å². The van der Waals surface area contributed by atoms with Gasteiger partial charge in [0.2, 0.25) is 0 Å². The third kappa shape index (κ3) is 4.46. The maximum atomic E-state index is 11.7. The fourth-order valence-electron chi connectivity index (χ4n) is 1.57. The summed E-state index contributed by atoms with van der Waals surface area (Å²) in [5.74, 6) is -1.57. The molecule has 0 radical (unpaired) electrons. The largest absolute Gasteiger partial charge is 0.504 e. The molecule has 0 aliphatic carbocycles. The summed E-state index contributed by atoms with van der Waals surface area (Å²) >= 11 is 0. The molecule has 0 saturated carbocycles. The molecule has 1 aromatic carbocycles. The van der Waals surface area contributed by atoms with Gasteiger partial charge in [0.25, 0.3) is 5.91 Å². The molecule has 0 saturated heterocycles. The molecule has 0 heterocycles. The Morgan fingerprint density at radius 2 is 1.90 bits per heavy atom. The number of amides is 1. The Bertz CT molecular complexity index is 493. The van der Waals surface area contributed by atoms with Gasteiger partial charge in [-0.2, -0.15) is 0 Å². The van der Waals surface area contributed by atoms with Crippen molar-refractivity contribution in [1.29, 1.82) is 0 Å². The number of rotatable bonds is 5. The number of hydrogen-bond acceptors (Lipinski definition) is 4. The summed E-state index contributed by atoms with van der Waals surface area (Å²) in [5, 5.41) is 21.0. The highest BCUT2D eigenvalue weighted by Gasteiger charge is 2.32. The predicted octanol–water partition coefficient (Wildman–Crippen LogP) is 1.39. The van der Waals surface area contributed by atoms with Crippen LogP contribution in [0.15, 0.2) is 24.3 Å². The van der Waals surface area contributed by atoms with Gasteiger partial charge in [0.05, 0.1) is 0 Å². The predicted molar refractivity (Wildman–Crippen MR) is 72.6 cm³/mol. The zero-order valence-electron chi connectivity index (χ0n) is 11.7. The molecule has 0 fully saturated rings. The smallest absolute Gasteiger partial charge is 0.326 e. The number of carbonyl (C=O) groups excluding carboxylic acids is 1. The molecule has 0 spiro atoms. The molecule has 1 rings (SSSR count). The van der Waals surface area contributed by atoms with E-state index >= 15 is 0 Å². The van der Waals surface area contributed by atoms with E-state index in [1.54, 1.807) is 32.9 Å². The first kappa shape index (κ1) is 15.8. The first-order chi connectivity index (χ1) is 9.21. The first-order valence-corrected chi connectivity index (χ1v) is 6.15. The van der Waals surface area contributed by atoms with Crippen molar-refractivity contribution in [2.24, 2.45) is 5.41 Å². The van der Waals surface area contributed by atoms with Crippen LogP contribution >= 0.6 is 0 Å². The lowest BCUT2D eigenvalue weighted by Gasteiger charge is -2.27. The highest BCUT2D eigenvalue weighted by Crippen LogP contribution is 2.24. The molecule has 1 amide bonds. The number of para-hydroxylation sites is 2. The first-order valence-electron chi connectivity index (χ1n) is 6.15. The third-order valence-electron chi connectivity index (χ3n) is 2.64. The van der Waals surface area contributed by atoms with Crippen LogP contribution in [0.1, 0.15) is 20.8 Å².